The maximum absolute atomic E-state index is 13.9. The molecule has 5 rings (SSSR count). The smallest absolute Gasteiger partial charge is 0.305 e. The van der Waals surface area contributed by atoms with Gasteiger partial charge in [0.05, 0.1) is 35.5 Å². The number of aromatic nitrogens is 1. The summed E-state index contributed by atoms with van der Waals surface area (Å²) in [5.74, 6) is -3.01. The third kappa shape index (κ3) is 7.51. The van der Waals surface area contributed by atoms with E-state index >= 15 is 0 Å². The van der Waals surface area contributed by atoms with Crippen LogP contribution >= 0.6 is 0 Å². The molecule has 232 valence electrons. The van der Waals surface area contributed by atoms with E-state index in [2.05, 4.69) is 15.6 Å². The molecule has 11 nitrogen and oxygen atoms in total. The van der Waals surface area contributed by atoms with Crippen LogP contribution in [0.5, 0.6) is 0 Å². The fraction of sp³-hybridized carbons (Fsp3) is 0.176. The summed E-state index contributed by atoms with van der Waals surface area (Å²) in [7, 11) is 0. The number of benzene rings is 3. The Bertz CT molecular complexity index is 1800. The van der Waals surface area contributed by atoms with Gasteiger partial charge in [-0.2, -0.15) is 5.26 Å². The molecule has 3 aromatic carbocycles. The van der Waals surface area contributed by atoms with Crippen LogP contribution in [0, 0.1) is 17.1 Å². The minimum absolute atomic E-state index is 0.0803. The van der Waals surface area contributed by atoms with Crippen LogP contribution in [0.15, 0.2) is 91.3 Å². The van der Waals surface area contributed by atoms with Crippen molar-refractivity contribution >= 4 is 35.1 Å². The Hall–Kier alpha value is -6.09. The SMILES string of the molecule is N#Cc1ccc(C(=O)N2CCN(c3ccc(C(=O)NC(CC(=O)O)c4cccnc4)cc3NC(=O)c3cccc(F)c3)CC2)cc1. The molecule has 0 saturated carbocycles. The van der Waals surface area contributed by atoms with Crippen LogP contribution < -0.4 is 15.5 Å². The lowest BCUT2D eigenvalue weighted by atomic mass is 10.0. The number of hydrogen-bond donors (Lipinski definition) is 3. The zero-order valence-electron chi connectivity index (χ0n) is 24.5. The third-order valence-electron chi connectivity index (χ3n) is 7.53. The standard InChI is InChI=1S/C34H29FN6O5/c35-27-5-1-3-24(17-27)32(44)39-29-18-25(33(45)38-28(19-31(42)43)26-4-2-12-37-21-26)10-11-30(29)40-13-15-41(16-14-40)34(46)23-8-6-22(20-36)7-9-23/h1-12,17-18,21,28H,13-16,19H2,(H,38,45)(H,39,44)(H,42,43). The number of carboxylic acid groups (broad SMARTS) is 1. The van der Waals surface area contributed by atoms with Crippen molar-refractivity contribution in [3.05, 3.63) is 125 Å². The number of halogens is 1. The predicted molar refractivity (Wildman–Crippen MR) is 167 cm³/mol. The van der Waals surface area contributed by atoms with Gasteiger partial charge in [-0.15, -0.1) is 0 Å². The number of hydrogen-bond acceptors (Lipinski definition) is 7. The van der Waals surface area contributed by atoms with Crippen LogP contribution in [0.3, 0.4) is 0 Å². The second kappa shape index (κ2) is 14.1. The number of nitriles is 1. The van der Waals surface area contributed by atoms with Crippen molar-refractivity contribution in [2.75, 3.05) is 36.4 Å². The lowest BCUT2D eigenvalue weighted by molar-refractivity contribution is -0.137. The first-order chi connectivity index (χ1) is 22.2. The number of pyridine rings is 1. The Balaban J connectivity index is 1.38. The lowest BCUT2D eigenvalue weighted by Crippen LogP contribution is -2.49. The van der Waals surface area contributed by atoms with E-state index in [1.165, 1.54) is 36.7 Å². The normalized spacial score (nSPS) is 13.3. The van der Waals surface area contributed by atoms with E-state index in [1.807, 2.05) is 11.0 Å². The Labute approximate surface area is 263 Å². The number of rotatable bonds is 9. The molecule has 0 spiro atoms. The molecule has 1 saturated heterocycles. The second-order valence-electron chi connectivity index (χ2n) is 10.6. The fourth-order valence-corrected chi connectivity index (χ4v) is 5.15. The summed E-state index contributed by atoms with van der Waals surface area (Å²) < 4.78 is 13.9. The summed E-state index contributed by atoms with van der Waals surface area (Å²) in [4.78, 5) is 58.8. The van der Waals surface area contributed by atoms with E-state index in [0.29, 0.717) is 48.6 Å². The fourth-order valence-electron chi connectivity index (χ4n) is 5.15. The van der Waals surface area contributed by atoms with Crippen LogP contribution in [0.1, 0.15) is 54.7 Å². The molecule has 1 aliphatic heterocycles. The number of aliphatic carboxylic acids is 1. The summed E-state index contributed by atoms with van der Waals surface area (Å²) in [6.45, 7) is 1.58. The van der Waals surface area contributed by atoms with E-state index in [0.717, 1.165) is 6.07 Å². The van der Waals surface area contributed by atoms with Gasteiger partial charge in [-0.25, -0.2) is 4.39 Å². The maximum Gasteiger partial charge on any atom is 0.305 e. The second-order valence-corrected chi connectivity index (χ2v) is 10.6. The number of nitrogens with one attached hydrogen (secondary N) is 2. The van der Waals surface area contributed by atoms with E-state index in [9.17, 15) is 28.7 Å². The first-order valence-corrected chi connectivity index (χ1v) is 14.4. The summed E-state index contributed by atoms with van der Waals surface area (Å²) in [6.07, 6.45) is 2.65. The lowest BCUT2D eigenvalue weighted by Gasteiger charge is -2.37. The number of carbonyl (C=O) groups is 4. The molecule has 0 radical (unpaired) electrons. The van der Waals surface area contributed by atoms with E-state index in [-0.39, 0.29) is 29.1 Å². The summed E-state index contributed by atoms with van der Waals surface area (Å²) in [5, 5.41) is 24.0. The van der Waals surface area contributed by atoms with Crippen LogP contribution in [0.4, 0.5) is 15.8 Å². The highest BCUT2D eigenvalue weighted by molar-refractivity contribution is 6.07. The molecular formula is C34H29FN6O5. The highest BCUT2D eigenvalue weighted by atomic mass is 19.1. The topological polar surface area (TPSA) is 156 Å². The largest absolute Gasteiger partial charge is 0.481 e. The number of anilines is 2. The quantitative estimate of drug-likeness (QED) is 0.251. The summed E-state index contributed by atoms with van der Waals surface area (Å²) >= 11 is 0. The Kier molecular flexibility index (Phi) is 9.63. The molecule has 0 bridgehead atoms. The van der Waals surface area contributed by atoms with Crippen molar-refractivity contribution in [3.63, 3.8) is 0 Å². The Morgan fingerprint density at radius 1 is 0.891 bits per heavy atom. The average Bonchev–Trinajstić information content (AvgIpc) is 3.08. The number of carbonyl (C=O) groups excluding carboxylic acids is 3. The van der Waals surface area contributed by atoms with Crippen LogP contribution in [0.2, 0.25) is 0 Å². The summed E-state index contributed by atoms with van der Waals surface area (Å²) in [5.41, 5.74) is 2.55. The minimum Gasteiger partial charge on any atom is -0.481 e. The molecule has 4 aromatic rings. The van der Waals surface area contributed by atoms with Crippen molar-refractivity contribution in [2.24, 2.45) is 0 Å². The van der Waals surface area contributed by atoms with Crippen LogP contribution in [-0.4, -0.2) is 64.9 Å². The van der Waals surface area contributed by atoms with Gasteiger partial charge >= 0.3 is 5.97 Å². The molecule has 2 heterocycles. The van der Waals surface area contributed by atoms with Gasteiger partial charge in [0.15, 0.2) is 0 Å². The van der Waals surface area contributed by atoms with Crippen molar-refractivity contribution < 1.29 is 28.7 Å². The Morgan fingerprint density at radius 3 is 2.26 bits per heavy atom. The highest BCUT2D eigenvalue weighted by Gasteiger charge is 2.26. The zero-order valence-corrected chi connectivity index (χ0v) is 24.5. The Morgan fingerprint density at radius 2 is 1.61 bits per heavy atom. The molecular weight excluding hydrogens is 591 g/mol. The minimum atomic E-state index is -1.11. The van der Waals surface area contributed by atoms with E-state index in [1.54, 1.807) is 53.4 Å². The monoisotopic (exact) mass is 620 g/mol. The van der Waals surface area contributed by atoms with Crippen molar-refractivity contribution in [2.45, 2.75) is 12.5 Å². The zero-order chi connectivity index (χ0) is 32.6. The molecule has 1 aromatic heterocycles. The number of nitrogens with zero attached hydrogens (tertiary/aromatic N) is 4. The molecule has 1 aliphatic rings. The predicted octanol–water partition coefficient (Wildman–Crippen LogP) is 4.25. The van der Waals surface area contributed by atoms with Gasteiger partial charge in [0.1, 0.15) is 5.82 Å². The van der Waals surface area contributed by atoms with E-state index < -0.39 is 29.6 Å². The molecule has 1 atom stereocenters. The van der Waals surface area contributed by atoms with Gasteiger partial charge < -0.3 is 25.5 Å². The van der Waals surface area contributed by atoms with Crippen molar-refractivity contribution in [1.82, 2.24) is 15.2 Å². The first kappa shape index (κ1) is 31.3. The van der Waals surface area contributed by atoms with Crippen molar-refractivity contribution in [3.8, 4) is 6.07 Å². The number of piperazine rings is 1. The molecule has 0 aliphatic carbocycles. The van der Waals surface area contributed by atoms with Crippen molar-refractivity contribution in [1.29, 1.82) is 5.26 Å². The van der Waals surface area contributed by atoms with Gasteiger partial charge in [0, 0.05) is 55.3 Å². The van der Waals surface area contributed by atoms with Gasteiger partial charge in [0.25, 0.3) is 17.7 Å². The van der Waals surface area contributed by atoms with Crippen LogP contribution in [0.25, 0.3) is 0 Å². The average molecular weight is 621 g/mol. The number of carboxylic acids is 1. The number of amides is 3. The van der Waals surface area contributed by atoms with Gasteiger partial charge in [-0.3, -0.25) is 24.2 Å². The first-order valence-electron chi connectivity index (χ1n) is 14.4. The third-order valence-corrected chi connectivity index (χ3v) is 7.53. The van der Waals surface area contributed by atoms with Gasteiger partial charge in [-0.1, -0.05) is 12.1 Å². The highest BCUT2D eigenvalue weighted by Crippen LogP contribution is 2.30. The van der Waals surface area contributed by atoms with Crippen LogP contribution in [-0.2, 0) is 4.79 Å². The molecule has 1 unspecified atom stereocenters. The molecule has 3 N–H and O–H groups in total. The van der Waals surface area contributed by atoms with Gasteiger partial charge in [0.2, 0.25) is 0 Å². The molecule has 3 amide bonds. The molecule has 1 fully saturated rings. The maximum atomic E-state index is 13.9. The van der Waals surface area contributed by atoms with Gasteiger partial charge in [-0.05, 0) is 72.3 Å². The molecule has 46 heavy (non-hydrogen) atoms. The molecule has 12 heteroatoms. The summed E-state index contributed by atoms with van der Waals surface area (Å²) in [6, 6.07) is 20.8. The van der Waals surface area contributed by atoms with E-state index in [4.69, 9.17) is 5.26 Å².